The number of halogens is 2. The lowest BCUT2D eigenvalue weighted by molar-refractivity contribution is -0.0235. The van der Waals surface area contributed by atoms with Crippen molar-refractivity contribution in [1.29, 1.82) is 0 Å². The van der Waals surface area contributed by atoms with Crippen LogP contribution in [0.4, 0.5) is 8.78 Å². The number of ether oxygens (including phenoxy) is 3. The summed E-state index contributed by atoms with van der Waals surface area (Å²) >= 11 is 0. The van der Waals surface area contributed by atoms with Gasteiger partial charge in [0.25, 0.3) is 5.92 Å². The number of carbonyl (C=O) groups excluding carboxylic acids is 1. The summed E-state index contributed by atoms with van der Waals surface area (Å²) in [6.45, 7) is 3.99. The molecule has 0 radical (unpaired) electrons. The van der Waals surface area contributed by atoms with Gasteiger partial charge in [-0.1, -0.05) is 13.8 Å². The van der Waals surface area contributed by atoms with Crippen LogP contribution in [0.3, 0.4) is 0 Å². The number of esters is 1. The normalized spacial score (nSPS) is 10.2. The molecule has 114 valence electrons. The molecule has 1 aromatic rings. The van der Waals surface area contributed by atoms with E-state index in [0.717, 1.165) is 6.92 Å². The fraction of sp³-hybridized carbons (Fsp3) is 0.500. The van der Waals surface area contributed by atoms with E-state index in [9.17, 15) is 13.6 Å². The Morgan fingerprint density at radius 2 is 1.80 bits per heavy atom. The average molecular weight is 290 g/mol. The van der Waals surface area contributed by atoms with E-state index in [1.165, 1.54) is 32.4 Å². The molecule has 0 saturated heterocycles. The number of benzene rings is 1. The minimum absolute atomic E-state index is 0.145. The van der Waals surface area contributed by atoms with E-state index in [4.69, 9.17) is 9.47 Å². The zero-order chi connectivity index (χ0) is 15.8. The van der Waals surface area contributed by atoms with E-state index in [0.29, 0.717) is 0 Å². The van der Waals surface area contributed by atoms with Crippen LogP contribution in [-0.4, -0.2) is 32.7 Å². The predicted molar refractivity (Wildman–Crippen MR) is 71.8 cm³/mol. The molecule has 0 bridgehead atoms. The van der Waals surface area contributed by atoms with Gasteiger partial charge in [-0.15, -0.1) is 0 Å². The van der Waals surface area contributed by atoms with Gasteiger partial charge in [0.15, 0.2) is 18.1 Å². The molecule has 20 heavy (non-hydrogen) atoms. The van der Waals surface area contributed by atoms with Crippen LogP contribution in [0.2, 0.25) is 0 Å². The van der Waals surface area contributed by atoms with Gasteiger partial charge in [-0.3, -0.25) is 0 Å². The summed E-state index contributed by atoms with van der Waals surface area (Å²) in [6, 6.07) is 4.17. The lowest BCUT2D eigenvalue weighted by atomic mass is 10.2. The van der Waals surface area contributed by atoms with Gasteiger partial charge in [0.2, 0.25) is 0 Å². The van der Waals surface area contributed by atoms with Crippen LogP contribution in [0.15, 0.2) is 18.2 Å². The van der Waals surface area contributed by atoms with Crippen LogP contribution in [0.5, 0.6) is 11.5 Å². The van der Waals surface area contributed by atoms with Crippen molar-refractivity contribution in [1.82, 2.24) is 0 Å². The molecule has 1 aromatic carbocycles. The Morgan fingerprint density at radius 3 is 2.25 bits per heavy atom. The topological polar surface area (TPSA) is 44.8 Å². The SMILES string of the molecule is CC.COC(=O)c1ccc(OCC(C)(F)F)c(OC)c1. The molecule has 0 aliphatic carbocycles. The summed E-state index contributed by atoms with van der Waals surface area (Å²) < 4.78 is 39.8. The van der Waals surface area contributed by atoms with E-state index in [2.05, 4.69) is 4.74 Å². The van der Waals surface area contributed by atoms with Crippen LogP contribution in [-0.2, 0) is 4.74 Å². The van der Waals surface area contributed by atoms with Crippen molar-refractivity contribution in [2.24, 2.45) is 0 Å². The molecular weight excluding hydrogens is 270 g/mol. The molecule has 0 heterocycles. The Morgan fingerprint density at radius 1 is 1.20 bits per heavy atom. The van der Waals surface area contributed by atoms with Crippen LogP contribution >= 0.6 is 0 Å². The number of alkyl halides is 2. The molecular formula is C14H20F2O4. The van der Waals surface area contributed by atoms with Crippen molar-refractivity contribution in [3.63, 3.8) is 0 Å². The molecule has 0 saturated carbocycles. The highest BCUT2D eigenvalue weighted by atomic mass is 19.3. The first kappa shape index (κ1) is 18.1. The van der Waals surface area contributed by atoms with Gasteiger partial charge in [-0.25, -0.2) is 13.6 Å². The van der Waals surface area contributed by atoms with Crippen LogP contribution < -0.4 is 9.47 Å². The van der Waals surface area contributed by atoms with Crippen LogP contribution in [0.25, 0.3) is 0 Å². The highest BCUT2D eigenvalue weighted by molar-refractivity contribution is 5.90. The number of hydrogen-bond acceptors (Lipinski definition) is 4. The van der Waals surface area contributed by atoms with Gasteiger partial charge in [-0.2, -0.15) is 0 Å². The van der Waals surface area contributed by atoms with Gasteiger partial charge in [0.05, 0.1) is 19.8 Å². The zero-order valence-electron chi connectivity index (χ0n) is 12.3. The summed E-state index contributed by atoms with van der Waals surface area (Å²) in [5.41, 5.74) is 0.255. The van der Waals surface area contributed by atoms with Gasteiger partial charge in [0.1, 0.15) is 0 Å². The second-order valence-electron chi connectivity index (χ2n) is 3.72. The molecule has 4 nitrogen and oxygen atoms in total. The van der Waals surface area contributed by atoms with Crippen molar-refractivity contribution in [2.45, 2.75) is 26.7 Å². The lowest BCUT2D eigenvalue weighted by Crippen LogP contribution is -2.21. The van der Waals surface area contributed by atoms with Crippen molar-refractivity contribution >= 4 is 5.97 Å². The van der Waals surface area contributed by atoms with Gasteiger partial charge in [0, 0.05) is 6.92 Å². The molecule has 0 atom stereocenters. The largest absolute Gasteiger partial charge is 0.493 e. The molecule has 0 N–H and O–H groups in total. The Kier molecular flexibility index (Phi) is 7.57. The minimum Gasteiger partial charge on any atom is -0.493 e. The third-order valence-corrected chi connectivity index (χ3v) is 2.07. The standard InChI is InChI=1S/C12H14F2O4.C2H6/c1-12(13,14)7-18-9-5-4-8(11(15)17-3)6-10(9)16-2;1-2/h4-6H,7H2,1-3H3;1-2H3. The van der Waals surface area contributed by atoms with Gasteiger partial charge >= 0.3 is 5.97 Å². The van der Waals surface area contributed by atoms with E-state index >= 15 is 0 Å². The molecule has 6 heteroatoms. The Hall–Kier alpha value is -1.85. The summed E-state index contributed by atoms with van der Waals surface area (Å²) in [7, 11) is 2.60. The van der Waals surface area contributed by atoms with Gasteiger partial charge < -0.3 is 14.2 Å². The van der Waals surface area contributed by atoms with E-state index in [1.807, 2.05) is 13.8 Å². The molecule has 0 aliphatic heterocycles. The fourth-order valence-corrected chi connectivity index (χ4v) is 1.24. The van der Waals surface area contributed by atoms with Crippen molar-refractivity contribution in [3.8, 4) is 11.5 Å². The molecule has 0 fully saturated rings. The molecule has 0 unspecified atom stereocenters. The number of carbonyl (C=O) groups is 1. The highest BCUT2D eigenvalue weighted by Gasteiger charge is 2.23. The summed E-state index contributed by atoms with van der Waals surface area (Å²) in [6.07, 6.45) is 0. The smallest absolute Gasteiger partial charge is 0.337 e. The second kappa shape index (κ2) is 8.35. The molecule has 0 aromatic heterocycles. The molecule has 1 rings (SSSR count). The molecule has 0 spiro atoms. The van der Waals surface area contributed by atoms with Crippen LogP contribution in [0, 0.1) is 0 Å². The maximum absolute atomic E-state index is 12.7. The van der Waals surface area contributed by atoms with Crippen LogP contribution in [0.1, 0.15) is 31.1 Å². The van der Waals surface area contributed by atoms with E-state index < -0.39 is 18.5 Å². The Labute approximate surface area is 117 Å². The fourth-order valence-electron chi connectivity index (χ4n) is 1.24. The monoisotopic (exact) mass is 290 g/mol. The first-order valence-electron chi connectivity index (χ1n) is 6.14. The predicted octanol–water partition coefficient (Wildman–Crippen LogP) is 3.54. The highest BCUT2D eigenvalue weighted by Crippen LogP contribution is 2.29. The number of rotatable bonds is 5. The van der Waals surface area contributed by atoms with Gasteiger partial charge in [-0.05, 0) is 18.2 Å². The van der Waals surface area contributed by atoms with Crippen molar-refractivity contribution < 1.29 is 27.8 Å². The quantitative estimate of drug-likeness (QED) is 0.778. The van der Waals surface area contributed by atoms with Crippen molar-refractivity contribution in [3.05, 3.63) is 23.8 Å². The third kappa shape index (κ3) is 5.86. The van der Waals surface area contributed by atoms with E-state index in [-0.39, 0.29) is 17.1 Å². The maximum Gasteiger partial charge on any atom is 0.337 e. The number of hydrogen-bond donors (Lipinski definition) is 0. The second-order valence-corrected chi connectivity index (χ2v) is 3.72. The Bertz CT molecular complexity index is 428. The maximum atomic E-state index is 12.7. The average Bonchev–Trinajstić information content (AvgIpc) is 2.45. The molecule has 0 amide bonds. The minimum atomic E-state index is -2.94. The molecule has 0 aliphatic rings. The summed E-state index contributed by atoms with van der Waals surface area (Å²) in [5.74, 6) is -3.14. The lowest BCUT2D eigenvalue weighted by Gasteiger charge is -2.14. The van der Waals surface area contributed by atoms with Crippen molar-refractivity contribution in [2.75, 3.05) is 20.8 Å². The number of methoxy groups -OCH3 is 2. The first-order chi connectivity index (χ1) is 9.37. The van der Waals surface area contributed by atoms with E-state index in [1.54, 1.807) is 0 Å². The summed E-state index contributed by atoms with van der Waals surface area (Å²) in [4.78, 5) is 11.3. The Balaban J connectivity index is 0.00000172. The first-order valence-corrected chi connectivity index (χ1v) is 6.14. The summed E-state index contributed by atoms with van der Waals surface area (Å²) in [5, 5.41) is 0. The zero-order valence-corrected chi connectivity index (χ0v) is 12.3. The third-order valence-electron chi connectivity index (χ3n) is 2.07.